The molecule has 1 amide bonds. The number of anilines is 1. The number of hydrogen-bond donors (Lipinski definition) is 2. The van der Waals surface area contributed by atoms with Crippen LogP contribution in [0.2, 0.25) is 0 Å². The Kier molecular flexibility index (Phi) is 4.58. The SMILES string of the molecule is O=C(Nc1cccc(OC[C@@H]2CCCO2)c1)c1cc2cc(F)ccc2[nH]1. The minimum Gasteiger partial charge on any atom is -0.491 e. The molecule has 1 aliphatic rings. The first-order chi connectivity index (χ1) is 12.7. The van der Waals surface area contributed by atoms with Crippen molar-refractivity contribution in [3.8, 4) is 5.75 Å². The first-order valence-corrected chi connectivity index (χ1v) is 8.61. The number of rotatable bonds is 5. The lowest BCUT2D eigenvalue weighted by atomic mass is 10.2. The van der Waals surface area contributed by atoms with Crippen LogP contribution in [0.1, 0.15) is 23.3 Å². The fourth-order valence-corrected chi connectivity index (χ4v) is 3.05. The predicted octanol–water partition coefficient (Wildman–Crippen LogP) is 4.12. The Morgan fingerprint density at radius 2 is 2.19 bits per heavy atom. The first kappa shape index (κ1) is 16.6. The van der Waals surface area contributed by atoms with Crippen LogP contribution >= 0.6 is 0 Å². The molecule has 1 atom stereocenters. The molecule has 2 heterocycles. The van der Waals surface area contributed by atoms with Crippen molar-refractivity contribution in [2.24, 2.45) is 0 Å². The van der Waals surface area contributed by atoms with Gasteiger partial charge in [0.1, 0.15) is 23.9 Å². The van der Waals surface area contributed by atoms with E-state index in [0.717, 1.165) is 19.4 Å². The third-order valence-corrected chi connectivity index (χ3v) is 4.38. The fourth-order valence-electron chi connectivity index (χ4n) is 3.05. The van der Waals surface area contributed by atoms with Gasteiger partial charge in [0.2, 0.25) is 0 Å². The fraction of sp³-hybridized carbons (Fsp3) is 0.250. The van der Waals surface area contributed by atoms with E-state index in [1.807, 2.05) is 12.1 Å². The van der Waals surface area contributed by atoms with Crippen LogP contribution in [0, 0.1) is 5.82 Å². The summed E-state index contributed by atoms with van der Waals surface area (Å²) in [6.07, 6.45) is 2.22. The number of H-pyrrole nitrogens is 1. The smallest absolute Gasteiger partial charge is 0.272 e. The molecule has 0 bridgehead atoms. The van der Waals surface area contributed by atoms with Gasteiger partial charge in [-0.25, -0.2) is 4.39 Å². The molecule has 1 aliphatic heterocycles. The maximum atomic E-state index is 13.3. The molecule has 1 aromatic heterocycles. The molecule has 1 fully saturated rings. The van der Waals surface area contributed by atoms with E-state index in [1.54, 1.807) is 24.3 Å². The zero-order chi connectivity index (χ0) is 17.9. The topological polar surface area (TPSA) is 63.4 Å². The Balaban J connectivity index is 1.43. The molecule has 2 aromatic carbocycles. The van der Waals surface area contributed by atoms with Crippen molar-refractivity contribution < 1.29 is 18.7 Å². The van der Waals surface area contributed by atoms with Crippen molar-refractivity contribution in [2.45, 2.75) is 18.9 Å². The van der Waals surface area contributed by atoms with Crippen LogP contribution in [0.3, 0.4) is 0 Å². The third-order valence-electron chi connectivity index (χ3n) is 4.38. The zero-order valence-electron chi connectivity index (χ0n) is 14.1. The lowest BCUT2D eigenvalue weighted by Crippen LogP contribution is -2.16. The number of aromatic nitrogens is 1. The van der Waals surface area contributed by atoms with E-state index in [-0.39, 0.29) is 17.8 Å². The number of carbonyl (C=O) groups is 1. The Morgan fingerprint density at radius 3 is 3.04 bits per heavy atom. The van der Waals surface area contributed by atoms with Crippen molar-refractivity contribution in [1.82, 2.24) is 4.98 Å². The molecule has 5 nitrogen and oxygen atoms in total. The normalized spacial score (nSPS) is 16.7. The van der Waals surface area contributed by atoms with Gasteiger partial charge in [-0.3, -0.25) is 4.79 Å². The summed E-state index contributed by atoms with van der Waals surface area (Å²) in [6.45, 7) is 1.30. The van der Waals surface area contributed by atoms with Crippen molar-refractivity contribution in [3.05, 3.63) is 60.0 Å². The summed E-state index contributed by atoms with van der Waals surface area (Å²) in [4.78, 5) is 15.4. The van der Waals surface area contributed by atoms with Crippen molar-refractivity contribution in [2.75, 3.05) is 18.5 Å². The van der Waals surface area contributed by atoms with Crippen molar-refractivity contribution in [3.63, 3.8) is 0 Å². The van der Waals surface area contributed by atoms with Gasteiger partial charge in [0, 0.05) is 29.3 Å². The number of ether oxygens (including phenoxy) is 2. The minimum atomic E-state index is -0.334. The standard InChI is InChI=1S/C20H19FN2O3/c21-14-6-7-18-13(9-14)10-19(23-18)20(24)22-15-3-1-4-16(11-15)26-12-17-5-2-8-25-17/h1,3-4,6-7,9-11,17,23H,2,5,8,12H2,(H,22,24)/t17-/m0/s1. The van der Waals surface area contributed by atoms with Crippen LogP contribution in [0.5, 0.6) is 5.75 Å². The van der Waals surface area contributed by atoms with Gasteiger partial charge in [-0.1, -0.05) is 6.07 Å². The maximum Gasteiger partial charge on any atom is 0.272 e. The quantitative estimate of drug-likeness (QED) is 0.724. The van der Waals surface area contributed by atoms with E-state index < -0.39 is 0 Å². The van der Waals surface area contributed by atoms with Crippen molar-refractivity contribution >= 4 is 22.5 Å². The van der Waals surface area contributed by atoms with Crippen LogP contribution in [0.15, 0.2) is 48.5 Å². The van der Waals surface area contributed by atoms with E-state index >= 15 is 0 Å². The average Bonchev–Trinajstić information content (AvgIpc) is 3.29. The summed E-state index contributed by atoms with van der Waals surface area (Å²) in [7, 11) is 0. The van der Waals surface area contributed by atoms with Gasteiger partial charge in [0.15, 0.2) is 0 Å². The van der Waals surface area contributed by atoms with E-state index in [2.05, 4.69) is 10.3 Å². The largest absolute Gasteiger partial charge is 0.491 e. The van der Waals surface area contributed by atoms with Gasteiger partial charge in [0.05, 0.1) is 6.10 Å². The van der Waals surface area contributed by atoms with Gasteiger partial charge >= 0.3 is 0 Å². The summed E-state index contributed by atoms with van der Waals surface area (Å²) in [5.41, 5.74) is 1.71. The molecule has 26 heavy (non-hydrogen) atoms. The molecular weight excluding hydrogens is 335 g/mol. The lowest BCUT2D eigenvalue weighted by molar-refractivity contribution is 0.0680. The number of benzene rings is 2. The molecule has 3 aromatic rings. The number of amides is 1. The maximum absolute atomic E-state index is 13.3. The monoisotopic (exact) mass is 354 g/mol. The Hall–Kier alpha value is -2.86. The number of nitrogens with one attached hydrogen (secondary N) is 2. The van der Waals surface area contributed by atoms with E-state index in [0.29, 0.717) is 34.6 Å². The van der Waals surface area contributed by atoms with Gasteiger partial charge in [-0.15, -0.1) is 0 Å². The summed E-state index contributed by atoms with van der Waals surface area (Å²) >= 11 is 0. The van der Waals surface area contributed by atoms with Gasteiger partial charge in [-0.05, 0) is 49.2 Å². The molecular formula is C20H19FN2O3. The van der Waals surface area contributed by atoms with E-state index in [4.69, 9.17) is 9.47 Å². The summed E-state index contributed by atoms with van der Waals surface area (Å²) in [5, 5.41) is 3.48. The second-order valence-corrected chi connectivity index (χ2v) is 6.34. The number of aromatic amines is 1. The molecule has 1 saturated heterocycles. The zero-order valence-corrected chi connectivity index (χ0v) is 14.1. The Morgan fingerprint density at radius 1 is 1.27 bits per heavy atom. The van der Waals surface area contributed by atoms with Crippen LogP contribution in [-0.4, -0.2) is 30.2 Å². The molecule has 6 heteroatoms. The minimum absolute atomic E-state index is 0.139. The van der Waals surface area contributed by atoms with Crippen LogP contribution in [0.25, 0.3) is 10.9 Å². The Bertz CT molecular complexity index is 932. The molecule has 0 radical (unpaired) electrons. The first-order valence-electron chi connectivity index (χ1n) is 8.61. The number of fused-ring (bicyclic) bond motifs is 1. The molecule has 0 spiro atoms. The van der Waals surface area contributed by atoms with Gasteiger partial charge in [-0.2, -0.15) is 0 Å². The second kappa shape index (κ2) is 7.17. The molecule has 4 rings (SSSR count). The molecule has 0 unspecified atom stereocenters. The van der Waals surface area contributed by atoms with Crippen LogP contribution in [-0.2, 0) is 4.74 Å². The van der Waals surface area contributed by atoms with Gasteiger partial charge in [0.25, 0.3) is 5.91 Å². The van der Waals surface area contributed by atoms with Crippen LogP contribution < -0.4 is 10.1 Å². The molecule has 134 valence electrons. The highest BCUT2D eigenvalue weighted by atomic mass is 19.1. The molecule has 0 saturated carbocycles. The van der Waals surface area contributed by atoms with E-state index in [9.17, 15) is 9.18 Å². The number of halogens is 1. The Labute approximate surface area is 150 Å². The number of hydrogen-bond acceptors (Lipinski definition) is 3. The second-order valence-electron chi connectivity index (χ2n) is 6.34. The summed E-state index contributed by atoms with van der Waals surface area (Å²) in [6, 6.07) is 13.2. The van der Waals surface area contributed by atoms with Crippen LogP contribution in [0.4, 0.5) is 10.1 Å². The van der Waals surface area contributed by atoms with Crippen molar-refractivity contribution in [1.29, 1.82) is 0 Å². The summed E-state index contributed by atoms with van der Waals surface area (Å²) in [5.74, 6) is 0.0504. The highest BCUT2D eigenvalue weighted by molar-refractivity contribution is 6.06. The average molecular weight is 354 g/mol. The van der Waals surface area contributed by atoms with E-state index in [1.165, 1.54) is 12.1 Å². The van der Waals surface area contributed by atoms with Gasteiger partial charge < -0.3 is 19.8 Å². The third kappa shape index (κ3) is 3.70. The molecule has 2 N–H and O–H groups in total. The highest BCUT2D eigenvalue weighted by Crippen LogP contribution is 2.21. The lowest BCUT2D eigenvalue weighted by Gasteiger charge is -2.12. The predicted molar refractivity (Wildman–Crippen MR) is 97.1 cm³/mol. The highest BCUT2D eigenvalue weighted by Gasteiger charge is 2.16. The number of carbonyl (C=O) groups excluding carboxylic acids is 1. The summed E-state index contributed by atoms with van der Waals surface area (Å²) < 4.78 is 24.6. The molecule has 0 aliphatic carbocycles.